The number of rotatable bonds is 11. The quantitative estimate of drug-likeness (QED) is 0.434. The van der Waals surface area contributed by atoms with Crippen LogP contribution in [0.3, 0.4) is 0 Å². The number of carbonyl (C=O) groups excluding carboxylic acids is 2. The average Bonchev–Trinajstić information content (AvgIpc) is 3.24. The summed E-state index contributed by atoms with van der Waals surface area (Å²) in [6.45, 7) is 3.17. The van der Waals surface area contributed by atoms with E-state index in [1.165, 1.54) is 4.90 Å². The van der Waals surface area contributed by atoms with Crippen LogP contribution in [0, 0.1) is 0 Å². The van der Waals surface area contributed by atoms with Crippen molar-refractivity contribution in [3.8, 4) is 5.75 Å². The topological polar surface area (TPSA) is 116 Å². The Labute approximate surface area is 199 Å². The van der Waals surface area contributed by atoms with Crippen LogP contribution in [0.15, 0.2) is 48.5 Å². The predicted molar refractivity (Wildman–Crippen MR) is 126 cm³/mol. The summed E-state index contributed by atoms with van der Waals surface area (Å²) in [5.41, 5.74) is 3.17. The van der Waals surface area contributed by atoms with Crippen LogP contribution in [0.25, 0.3) is 0 Å². The number of aliphatic carboxylic acids is 1. The molecule has 1 aliphatic rings. The van der Waals surface area contributed by atoms with Gasteiger partial charge >= 0.3 is 11.9 Å². The van der Waals surface area contributed by atoms with Gasteiger partial charge in [-0.05, 0) is 68.4 Å². The Bertz CT molecular complexity index is 982. The third kappa shape index (κ3) is 6.57. The zero-order valence-corrected chi connectivity index (χ0v) is 19.6. The van der Waals surface area contributed by atoms with Crippen molar-refractivity contribution in [2.75, 3.05) is 13.2 Å². The van der Waals surface area contributed by atoms with E-state index in [1.54, 1.807) is 38.1 Å². The molecule has 0 saturated carbocycles. The van der Waals surface area contributed by atoms with Crippen molar-refractivity contribution in [2.24, 2.45) is 0 Å². The van der Waals surface area contributed by atoms with Gasteiger partial charge in [0.2, 0.25) is 5.91 Å². The Morgan fingerprint density at radius 1 is 1.09 bits per heavy atom. The molecule has 0 bridgehead atoms. The summed E-state index contributed by atoms with van der Waals surface area (Å²) in [6, 6.07) is 12.8. The van der Waals surface area contributed by atoms with Crippen molar-refractivity contribution in [1.82, 2.24) is 10.2 Å². The van der Waals surface area contributed by atoms with Crippen molar-refractivity contribution in [3.05, 3.63) is 65.2 Å². The van der Waals surface area contributed by atoms with Crippen molar-refractivity contribution < 1.29 is 29.3 Å². The molecule has 0 radical (unpaired) electrons. The van der Waals surface area contributed by atoms with Gasteiger partial charge in [-0.3, -0.25) is 19.7 Å². The highest BCUT2D eigenvalue weighted by Crippen LogP contribution is 2.26. The summed E-state index contributed by atoms with van der Waals surface area (Å²) in [5, 5.41) is 22.0. The number of aryl methyl sites for hydroxylation is 1. The first-order valence-electron chi connectivity index (χ1n) is 11.6. The maximum absolute atomic E-state index is 13.4. The first-order valence-corrected chi connectivity index (χ1v) is 11.6. The van der Waals surface area contributed by atoms with E-state index in [0.717, 1.165) is 16.7 Å². The second-order valence-electron chi connectivity index (χ2n) is 8.59. The molecule has 2 aromatic rings. The number of carbonyl (C=O) groups is 3. The summed E-state index contributed by atoms with van der Waals surface area (Å²) < 4.78 is 5.20. The monoisotopic (exact) mass is 468 g/mol. The number of hydrogen-bond acceptors (Lipinski definition) is 6. The minimum absolute atomic E-state index is 0.163. The van der Waals surface area contributed by atoms with E-state index in [-0.39, 0.29) is 24.3 Å². The normalized spacial score (nSPS) is 14.8. The van der Waals surface area contributed by atoms with Crippen molar-refractivity contribution >= 4 is 17.8 Å². The van der Waals surface area contributed by atoms with Crippen LogP contribution in [0.5, 0.6) is 5.75 Å². The molecule has 3 rings (SSSR count). The van der Waals surface area contributed by atoms with Gasteiger partial charge in [0.15, 0.2) is 0 Å². The Hall–Kier alpha value is -3.39. The molecule has 1 aliphatic carbocycles. The van der Waals surface area contributed by atoms with E-state index in [4.69, 9.17) is 4.74 Å². The summed E-state index contributed by atoms with van der Waals surface area (Å²) in [6.07, 6.45) is 2.12. The van der Waals surface area contributed by atoms with Crippen LogP contribution in [0.1, 0.15) is 37.0 Å². The molecule has 0 fully saturated rings. The van der Waals surface area contributed by atoms with E-state index in [1.807, 2.05) is 24.3 Å². The number of carboxylic acids is 1. The van der Waals surface area contributed by atoms with Crippen LogP contribution in [0.4, 0.5) is 0 Å². The number of carboxylic acid groups (broad SMARTS) is 1. The second-order valence-corrected chi connectivity index (χ2v) is 8.59. The number of phenolic OH excluding ortho intramolecular Hbond substituents is 1. The number of ether oxygens (including phenoxy) is 1. The molecule has 1 amide bonds. The number of aromatic hydroxyl groups is 1. The Kier molecular flexibility index (Phi) is 8.65. The molecule has 0 heterocycles. The van der Waals surface area contributed by atoms with Gasteiger partial charge < -0.3 is 19.8 Å². The maximum Gasteiger partial charge on any atom is 0.323 e. The molecule has 34 heavy (non-hydrogen) atoms. The molecule has 0 spiro atoms. The minimum Gasteiger partial charge on any atom is -0.508 e. The maximum atomic E-state index is 13.4. The second kappa shape index (κ2) is 11.7. The fraction of sp³-hybridized carbons (Fsp3) is 0.423. The molecule has 0 saturated heterocycles. The third-order valence-corrected chi connectivity index (χ3v) is 6.11. The SMILES string of the molecule is CCOC(=O)C(CCc1ccc(O)cc1)N[C@@H](C)C(=O)N(CC(=O)O)C1Cc2ccccc2C1. The number of benzene rings is 2. The summed E-state index contributed by atoms with van der Waals surface area (Å²) in [5.74, 6) is -1.74. The van der Waals surface area contributed by atoms with Crippen LogP contribution in [-0.2, 0) is 38.4 Å². The molecule has 0 aromatic heterocycles. The van der Waals surface area contributed by atoms with Crippen LogP contribution < -0.4 is 5.32 Å². The van der Waals surface area contributed by atoms with E-state index < -0.39 is 30.6 Å². The fourth-order valence-electron chi connectivity index (χ4n) is 4.40. The van der Waals surface area contributed by atoms with Crippen LogP contribution >= 0.6 is 0 Å². The Morgan fingerprint density at radius 3 is 2.26 bits per heavy atom. The number of hydrogen-bond donors (Lipinski definition) is 3. The summed E-state index contributed by atoms with van der Waals surface area (Å²) >= 11 is 0. The predicted octanol–water partition coefficient (Wildman–Crippen LogP) is 2.32. The Morgan fingerprint density at radius 2 is 1.71 bits per heavy atom. The van der Waals surface area contributed by atoms with Crippen molar-refractivity contribution in [2.45, 2.75) is 57.7 Å². The highest BCUT2D eigenvalue weighted by molar-refractivity contribution is 5.86. The number of fused-ring (bicyclic) bond motifs is 1. The number of phenols is 1. The summed E-state index contributed by atoms with van der Waals surface area (Å²) in [4.78, 5) is 38.9. The molecular weight excluding hydrogens is 436 g/mol. The molecule has 1 unspecified atom stereocenters. The lowest BCUT2D eigenvalue weighted by atomic mass is 10.0. The number of esters is 1. The van der Waals surface area contributed by atoms with Crippen molar-refractivity contribution in [1.29, 1.82) is 0 Å². The van der Waals surface area contributed by atoms with E-state index in [0.29, 0.717) is 25.7 Å². The molecule has 8 nitrogen and oxygen atoms in total. The van der Waals surface area contributed by atoms with E-state index in [9.17, 15) is 24.6 Å². The zero-order chi connectivity index (χ0) is 24.7. The van der Waals surface area contributed by atoms with Gasteiger partial charge in [-0.2, -0.15) is 0 Å². The lowest BCUT2D eigenvalue weighted by Crippen LogP contribution is -2.54. The van der Waals surface area contributed by atoms with Gasteiger partial charge in [-0.25, -0.2) is 0 Å². The molecule has 2 aromatic carbocycles. The first-order chi connectivity index (χ1) is 16.3. The van der Waals surface area contributed by atoms with Gasteiger partial charge in [-0.15, -0.1) is 0 Å². The lowest BCUT2D eigenvalue weighted by molar-refractivity contribution is -0.149. The largest absolute Gasteiger partial charge is 0.508 e. The van der Waals surface area contributed by atoms with Crippen LogP contribution in [0.2, 0.25) is 0 Å². The van der Waals surface area contributed by atoms with Gasteiger partial charge in [0, 0.05) is 6.04 Å². The molecule has 2 atom stereocenters. The highest BCUT2D eigenvalue weighted by atomic mass is 16.5. The van der Waals surface area contributed by atoms with Gasteiger partial charge in [-0.1, -0.05) is 36.4 Å². The number of amides is 1. The Balaban J connectivity index is 1.70. The zero-order valence-electron chi connectivity index (χ0n) is 19.6. The highest BCUT2D eigenvalue weighted by Gasteiger charge is 2.34. The smallest absolute Gasteiger partial charge is 0.323 e. The van der Waals surface area contributed by atoms with Gasteiger partial charge in [0.05, 0.1) is 12.6 Å². The fourth-order valence-corrected chi connectivity index (χ4v) is 4.40. The van der Waals surface area contributed by atoms with E-state index in [2.05, 4.69) is 5.32 Å². The summed E-state index contributed by atoms with van der Waals surface area (Å²) in [7, 11) is 0. The minimum atomic E-state index is -1.08. The molecule has 0 aliphatic heterocycles. The van der Waals surface area contributed by atoms with Gasteiger partial charge in [0.25, 0.3) is 0 Å². The molecule has 182 valence electrons. The number of nitrogens with one attached hydrogen (secondary N) is 1. The standard InChI is InChI=1S/C26H32N2O6/c1-3-34-26(33)23(13-10-18-8-11-22(29)12-9-18)27-17(2)25(32)28(16-24(30)31)21-14-19-6-4-5-7-20(19)15-21/h4-9,11-12,17,21,23,27,29H,3,10,13-16H2,1-2H3,(H,30,31)/t17-,23?/m0/s1. The van der Waals surface area contributed by atoms with Crippen LogP contribution in [-0.4, -0.2) is 64.2 Å². The van der Waals surface area contributed by atoms with Crippen molar-refractivity contribution in [3.63, 3.8) is 0 Å². The first kappa shape index (κ1) is 25.2. The lowest BCUT2D eigenvalue weighted by Gasteiger charge is -2.31. The third-order valence-electron chi connectivity index (χ3n) is 6.11. The molecule has 3 N–H and O–H groups in total. The molecule has 8 heteroatoms. The van der Waals surface area contributed by atoms with E-state index >= 15 is 0 Å². The number of nitrogens with zero attached hydrogens (tertiary/aromatic N) is 1. The average molecular weight is 469 g/mol. The molecular formula is C26H32N2O6. The van der Waals surface area contributed by atoms with Gasteiger partial charge in [0.1, 0.15) is 18.3 Å².